The summed E-state index contributed by atoms with van der Waals surface area (Å²) in [6, 6.07) is 16.2. The van der Waals surface area contributed by atoms with Crippen LogP contribution in [0, 0.1) is 5.82 Å². The number of sulfonamides is 1. The molecule has 2 aromatic carbocycles. The third-order valence-electron chi connectivity index (χ3n) is 4.47. The van der Waals surface area contributed by atoms with Gasteiger partial charge in [-0.05, 0) is 60.2 Å². The van der Waals surface area contributed by atoms with E-state index in [0.717, 1.165) is 12.1 Å². The van der Waals surface area contributed by atoms with E-state index in [1.165, 1.54) is 12.1 Å². The van der Waals surface area contributed by atoms with E-state index in [1.54, 1.807) is 65.7 Å². The third kappa shape index (κ3) is 5.16. The van der Waals surface area contributed by atoms with Crippen LogP contribution in [0.1, 0.15) is 5.56 Å². The first kappa shape index (κ1) is 21.2. The van der Waals surface area contributed by atoms with Gasteiger partial charge in [0.1, 0.15) is 5.82 Å². The highest BCUT2D eigenvalue weighted by molar-refractivity contribution is 7.92. The summed E-state index contributed by atoms with van der Waals surface area (Å²) in [5, 5.41) is 6.86. The van der Waals surface area contributed by atoms with E-state index in [0.29, 0.717) is 22.8 Å². The number of carbonyl (C=O) groups is 1. The molecule has 0 fully saturated rings. The van der Waals surface area contributed by atoms with Gasteiger partial charge in [-0.25, -0.2) is 22.5 Å². The standard InChI is InChI=1S/C22H18FN5O3S/c23-17-4-9-20(10-5-17)32(30,31)27-18-6-2-16(3-7-18)14-22(29)26-19-8-11-21(24-15-19)28-13-1-12-25-28/h1-13,15,27H,14H2,(H,26,29). The Labute approximate surface area is 183 Å². The van der Waals surface area contributed by atoms with Crippen LogP contribution in [-0.4, -0.2) is 29.1 Å². The van der Waals surface area contributed by atoms with E-state index in [4.69, 9.17) is 0 Å². The van der Waals surface area contributed by atoms with Gasteiger partial charge in [-0.1, -0.05) is 12.1 Å². The lowest BCUT2D eigenvalue weighted by atomic mass is 10.1. The fourth-order valence-electron chi connectivity index (χ4n) is 2.91. The van der Waals surface area contributed by atoms with Crippen LogP contribution in [0.4, 0.5) is 15.8 Å². The second-order valence-corrected chi connectivity index (χ2v) is 8.52. The zero-order chi connectivity index (χ0) is 22.6. The fourth-order valence-corrected chi connectivity index (χ4v) is 3.97. The van der Waals surface area contributed by atoms with Gasteiger partial charge in [0, 0.05) is 18.1 Å². The van der Waals surface area contributed by atoms with Crippen LogP contribution in [0.2, 0.25) is 0 Å². The Morgan fingerprint density at radius 1 is 0.969 bits per heavy atom. The van der Waals surface area contributed by atoms with Gasteiger partial charge in [0.2, 0.25) is 5.91 Å². The summed E-state index contributed by atoms with van der Waals surface area (Å²) in [6.07, 6.45) is 5.06. The Morgan fingerprint density at radius 3 is 2.31 bits per heavy atom. The lowest BCUT2D eigenvalue weighted by molar-refractivity contribution is -0.115. The molecule has 2 aromatic heterocycles. The van der Waals surface area contributed by atoms with Gasteiger partial charge in [-0.15, -0.1) is 0 Å². The van der Waals surface area contributed by atoms with Crippen molar-refractivity contribution in [2.45, 2.75) is 11.3 Å². The van der Waals surface area contributed by atoms with Gasteiger partial charge in [0.05, 0.1) is 23.2 Å². The largest absolute Gasteiger partial charge is 0.324 e. The van der Waals surface area contributed by atoms with Crippen molar-refractivity contribution in [3.8, 4) is 5.82 Å². The number of rotatable bonds is 7. The van der Waals surface area contributed by atoms with Crippen LogP contribution in [0.25, 0.3) is 5.82 Å². The molecule has 8 nitrogen and oxygen atoms in total. The number of halogens is 1. The molecular formula is C22H18FN5O3S. The van der Waals surface area contributed by atoms with Crippen LogP contribution in [-0.2, 0) is 21.2 Å². The van der Waals surface area contributed by atoms with Crippen molar-refractivity contribution in [2.24, 2.45) is 0 Å². The van der Waals surface area contributed by atoms with E-state index in [-0.39, 0.29) is 17.2 Å². The third-order valence-corrected chi connectivity index (χ3v) is 5.86. The molecule has 10 heteroatoms. The zero-order valence-corrected chi connectivity index (χ0v) is 17.5. The molecule has 0 aliphatic carbocycles. The Kier molecular flexibility index (Phi) is 5.95. The summed E-state index contributed by atoms with van der Waals surface area (Å²) in [4.78, 5) is 16.5. The predicted molar refractivity (Wildman–Crippen MR) is 117 cm³/mol. The maximum Gasteiger partial charge on any atom is 0.261 e. The number of hydrogen-bond acceptors (Lipinski definition) is 5. The highest BCUT2D eigenvalue weighted by Crippen LogP contribution is 2.18. The summed E-state index contributed by atoms with van der Waals surface area (Å²) in [7, 11) is -3.84. The number of benzene rings is 2. The first-order valence-electron chi connectivity index (χ1n) is 9.52. The average Bonchev–Trinajstić information content (AvgIpc) is 3.31. The topological polar surface area (TPSA) is 106 Å². The number of amides is 1. The van der Waals surface area contributed by atoms with Crippen molar-refractivity contribution in [2.75, 3.05) is 10.0 Å². The molecule has 4 aromatic rings. The molecule has 4 rings (SSSR count). The highest BCUT2D eigenvalue weighted by Gasteiger charge is 2.14. The van der Waals surface area contributed by atoms with Crippen LogP contribution in [0.15, 0.2) is 90.2 Å². The van der Waals surface area contributed by atoms with Gasteiger partial charge in [-0.3, -0.25) is 9.52 Å². The van der Waals surface area contributed by atoms with Gasteiger partial charge in [-0.2, -0.15) is 5.10 Å². The molecule has 0 atom stereocenters. The molecule has 32 heavy (non-hydrogen) atoms. The number of nitrogens with zero attached hydrogens (tertiary/aromatic N) is 3. The van der Waals surface area contributed by atoms with Crippen molar-refractivity contribution < 1.29 is 17.6 Å². The van der Waals surface area contributed by atoms with Crippen LogP contribution >= 0.6 is 0 Å². The minimum Gasteiger partial charge on any atom is -0.324 e. The molecule has 0 saturated carbocycles. The zero-order valence-electron chi connectivity index (χ0n) is 16.6. The van der Waals surface area contributed by atoms with E-state index < -0.39 is 15.8 Å². The molecule has 2 heterocycles. The normalized spacial score (nSPS) is 11.2. The van der Waals surface area contributed by atoms with Crippen molar-refractivity contribution in [1.29, 1.82) is 0 Å². The summed E-state index contributed by atoms with van der Waals surface area (Å²) < 4.78 is 41.8. The molecule has 0 radical (unpaired) electrons. The molecule has 0 aliphatic heterocycles. The van der Waals surface area contributed by atoms with Gasteiger partial charge < -0.3 is 5.32 Å². The predicted octanol–water partition coefficient (Wildman–Crippen LogP) is 3.39. The molecule has 2 N–H and O–H groups in total. The minimum atomic E-state index is -3.84. The Bertz CT molecular complexity index is 1310. The van der Waals surface area contributed by atoms with E-state index in [9.17, 15) is 17.6 Å². The summed E-state index contributed by atoms with van der Waals surface area (Å²) >= 11 is 0. The van der Waals surface area contributed by atoms with E-state index in [1.807, 2.05) is 0 Å². The first-order chi connectivity index (χ1) is 15.4. The summed E-state index contributed by atoms with van der Waals surface area (Å²) in [5.41, 5.74) is 1.58. The molecule has 162 valence electrons. The Morgan fingerprint density at radius 2 is 1.69 bits per heavy atom. The van der Waals surface area contributed by atoms with Crippen LogP contribution in [0.5, 0.6) is 0 Å². The van der Waals surface area contributed by atoms with Crippen molar-refractivity contribution in [1.82, 2.24) is 14.8 Å². The monoisotopic (exact) mass is 451 g/mol. The van der Waals surface area contributed by atoms with Crippen molar-refractivity contribution in [3.63, 3.8) is 0 Å². The van der Waals surface area contributed by atoms with Gasteiger partial charge in [0.15, 0.2) is 5.82 Å². The van der Waals surface area contributed by atoms with E-state index in [2.05, 4.69) is 20.1 Å². The minimum absolute atomic E-state index is 0.0467. The Balaban J connectivity index is 1.35. The Hall–Kier alpha value is -4.05. The highest BCUT2D eigenvalue weighted by atomic mass is 32.2. The summed E-state index contributed by atoms with van der Waals surface area (Å²) in [5.74, 6) is -0.124. The lowest BCUT2D eigenvalue weighted by Gasteiger charge is -2.09. The molecular weight excluding hydrogens is 433 g/mol. The second-order valence-electron chi connectivity index (χ2n) is 6.84. The maximum atomic E-state index is 13.0. The number of anilines is 2. The molecule has 0 spiro atoms. The number of aromatic nitrogens is 3. The number of carbonyl (C=O) groups excluding carboxylic acids is 1. The SMILES string of the molecule is O=C(Cc1ccc(NS(=O)(=O)c2ccc(F)cc2)cc1)Nc1ccc(-n2cccn2)nc1. The number of hydrogen-bond donors (Lipinski definition) is 2. The second kappa shape index (κ2) is 8.98. The lowest BCUT2D eigenvalue weighted by Crippen LogP contribution is -2.15. The van der Waals surface area contributed by atoms with Gasteiger partial charge in [0.25, 0.3) is 10.0 Å². The average molecular weight is 451 g/mol. The molecule has 1 amide bonds. The fraction of sp³-hybridized carbons (Fsp3) is 0.0455. The smallest absolute Gasteiger partial charge is 0.261 e. The summed E-state index contributed by atoms with van der Waals surface area (Å²) in [6.45, 7) is 0. The van der Waals surface area contributed by atoms with Crippen molar-refractivity contribution in [3.05, 3.63) is 96.7 Å². The number of nitrogens with one attached hydrogen (secondary N) is 2. The number of pyridine rings is 1. The molecule has 0 saturated heterocycles. The maximum absolute atomic E-state index is 13.0. The van der Waals surface area contributed by atoms with Crippen LogP contribution in [0.3, 0.4) is 0 Å². The molecule has 0 aliphatic rings. The van der Waals surface area contributed by atoms with Crippen LogP contribution < -0.4 is 10.0 Å². The first-order valence-corrected chi connectivity index (χ1v) is 11.0. The van der Waals surface area contributed by atoms with E-state index >= 15 is 0 Å². The molecule has 0 unspecified atom stereocenters. The van der Waals surface area contributed by atoms with Crippen molar-refractivity contribution >= 4 is 27.3 Å². The van der Waals surface area contributed by atoms with Gasteiger partial charge >= 0.3 is 0 Å². The quantitative estimate of drug-likeness (QED) is 0.448. The molecule has 0 bridgehead atoms.